The summed E-state index contributed by atoms with van der Waals surface area (Å²) in [4.78, 5) is 12.3. The molecule has 176 valence electrons. The van der Waals surface area contributed by atoms with E-state index in [-0.39, 0.29) is 17.2 Å². The van der Waals surface area contributed by atoms with Gasteiger partial charge in [0.25, 0.3) is 0 Å². The van der Waals surface area contributed by atoms with Gasteiger partial charge in [0.2, 0.25) is 0 Å². The summed E-state index contributed by atoms with van der Waals surface area (Å²) in [5.74, 6) is 1.09. The van der Waals surface area contributed by atoms with Crippen LogP contribution in [0.1, 0.15) is 104 Å². The van der Waals surface area contributed by atoms with E-state index in [2.05, 4.69) is 13.5 Å². The van der Waals surface area contributed by atoms with Crippen molar-refractivity contribution in [1.29, 1.82) is 0 Å². The molecule has 0 aromatic carbocycles. The van der Waals surface area contributed by atoms with E-state index in [1.165, 1.54) is 51.4 Å². The summed E-state index contributed by atoms with van der Waals surface area (Å²) < 4.78 is 18.2. The molecule has 4 heteroatoms. The highest BCUT2D eigenvalue weighted by molar-refractivity contribution is 5.87. The molecule has 1 saturated heterocycles. The second-order valence-electron chi connectivity index (χ2n) is 11.6. The highest BCUT2D eigenvalue weighted by atomic mass is 16.6. The summed E-state index contributed by atoms with van der Waals surface area (Å²) in [6.45, 7) is 10.6. The molecule has 0 aromatic heterocycles. The Balaban J connectivity index is 1.18. The lowest BCUT2D eigenvalue weighted by atomic mass is 9.52. The molecule has 0 N–H and O–H groups in total. The van der Waals surface area contributed by atoms with Crippen LogP contribution in [0.3, 0.4) is 0 Å². The highest BCUT2D eigenvalue weighted by Crippen LogP contribution is 2.60. The predicted molar refractivity (Wildman–Crippen MR) is 123 cm³/mol. The van der Waals surface area contributed by atoms with Gasteiger partial charge in [-0.2, -0.15) is 0 Å². The molecule has 0 amide bonds. The van der Waals surface area contributed by atoms with Crippen molar-refractivity contribution >= 4 is 5.97 Å². The van der Waals surface area contributed by atoms with Gasteiger partial charge in [0.05, 0.1) is 18.8 Å². The van der Waals surface area contributed by atoms with Crippen molar-refractivity contribution in [1.82, 2.24) is 0 Å². The first-order valence-corrected chi connectivity index (χ1v) is 13.0. The van der Waals surface area contributed by atoms with Crippen molar-refractivity contribution < 1.29 is 19.0 Å². The summed E-state index contributed by atoms with van der Waals surface area (Å²) in [6, 6.07) is 0. The molecular formula is C27H44O4. The Bertz CT molecular complexity index is 636. The Labute approximate surface area is 189 Å². The molecular weight excluding hydrogens is 388 g/mol. The van der Waals surface area contributed by atoms with Crippen molar-refractivity contribution in [2.24, 2.45) is 17.3 Å². The second-order valence-corrected chi connectivity index (χ2v) is 11.6. The van der Waals surface area contributed by atoms with E-state index in [1.807, 2.05) is 0 Å². The number of ether oxygens (including phenoxy) is 3. The number of carbonyl (C=O) groups excluding carboxylic acids is 1. The maximum Gasteiger partial charge on any atom is 0.333 e. The van der Waals surface area contributed by atoms with E-state index in [4.69, 9.17) is 14.2 Å². The van der Waals surface area contributed by atoms with Gasteiger partial charge < -0.3 is 14.2 Å². The fraction of sp³-hybridized carbons (Fsp3) is 0.889. The van der Waals surface area contributed by atoms with Crippen molar-refractivity contribution in [2.75, 3.05) is 19.8 Å². The Hall–Kier alpha value is -0.870. The molecule has 4 nitrogen and oxygen atoms in total. The summed E-state index contributed by atoms with van der Waals surface area (Å²) in [5.41, 5.74) is 0.669. The molecule has 1 aliphatic heterocycles. The molecule has 4 saturated carbocycles. The topological polar surface area (TPSA) is 44.8 Å². The average Bonchev–Trinajstić information content (AvgIpc) is 2.66. The minimum absolute atomic E-state index is 0.0487. The normalized spacial score (nSPS) is 35.0. The lowest BCUT2D eigenvalue weighted by Crippen LogP contribution is -2.61. The van der Waals surface area contributed by atoms with Crippen molar-refractivity contribution in [2.45, 2.75) is 115 Å². The maximum atomic E-state index is 12.3. The Morgan fingerprint density at radius 2 is 1.61 bits per heavy atom. The number of unbranched alkanes of at least 4 members (excludes halogenated alkanes) is 4. The van der Waals surface area contributed by atoms with Crippen molar-refractivity contribution in [3.05, 3.63) is 12.2 Å². The third-order valence-electron chi connectivity index (χ3n) is 8.50. The van der Waals surface area contributed by atoms with Gasteiger partial charge in [0.1, 0.15) is 5.60 Å². The molecule has 2 unspecified atom stereocenters. The molecule has 4 bridgehead atoms. The van der Waals surface area contributed by atoms with Crippen molar-refractivity contribution in [3.8, 4) is 0 Å². The smallest absolute Gasteiger partial charge is 0.333 e. The van der Waals surface area contributed by atoms with Crippen LogP contribution in [0.25, 0.3) is 0 Å². The molecule has 0 radical (unpaired) electrons. The zero-order valence-electron chi connectivity index (χ0n) is 20.0. The van der Waals surface area contributed by atoms with Gasteiger partial charge in [-0.15, -0.1) is 0 Å². The minimum Gasteiger partial charge on any atom is -0.456 e. The molecule has 0 aromatic rings. The van der Waals surface area contributed by atoms with Crippen LogP contribution in [0.4, 0.5) is 0 Å². The fourth-order valence-electron chi connectivity index (χ4n) is 7.27. The van der Waals surface area contributed by atoms with Gasteiger partial charge in [-0.05, 0) is 70.1 Å². The first-order valence-electron chi connectivity index (χ1n) is 13.0. The minimum atomic E-state index is -0.294. The molecule has 5 aliphatic rings. The Morgan fingerprint density at radius 3 is 2.23 bits per heavy atom. The van der Waals surface area contributed by atoms with Gasteiger partial charge in [-0.3, -0.25) is 0 Å². The summed E-state index contributed by atoms with van der Waals surface area (Å²) in [5, 5.41) is 0. The molecule has 2 atom stereocenters. The van der Waals surface area contributed by atoms with Crippen LogP contribution < -0.4 is 0 Å². The largest absolute Gasteiger partial charge is 0.456 e. The fourth-order valence-corrected chi connectivity index (χ4v) is 7.27. The third-order valence-corrected chi connectivity index (χ3v) is 8.50. The Morgan fingerprint density at radius 1 is 0.968 bits per heavy atom. The Kier molecular flexibility index (Phi) is 7.18. The zero-order chi connectivity index (χ0) is 22.0. The number of hydrogen-bond donors (Lipinski definition) is 0. The standard InChI is InChI=1S/C27H44O4/c1-4-5-10-25(19-29-20-25)11-8-6-7-9-12-30-26-14-22-13-23(15-26)17-27(16-22,18-26)31-24(28)21(2)3/h22-23H,2,4-20H2,1,3H3. The quantitative estimate of drug-likeness (QED) is 0.193. The lowest BCUT2D eigenvalue weighted by Gasteiger charge is -2.60. The van der Waals surface area contributed by atoms with E-state index in [1.54, 1.807) is 6.92 Å². The number of esters is 1. The zero-order valence-corrected chi connectivity index (χ0v) is 20.0. The van der Waals surface area contributed by atoms with Crippen LogP contribution in [-0.4, -0.2) is 37.0 Å². The number of hydrogen-bond acceptors (Lipinski definition) is 4. The highest BCUT2D eigenvalue weighted by Gasteiger charge is 2.60. The van der Waals surface area contributed by atoms with Crippen molar-refractivity contribution in [3.63, 3.8) is 0 Å². The van der Waals surface area contributed by atoms with E-state index in [0.717, 1.165) is 58.3 Å². The molecule has 5 fully saturated rings. The van der Waals surface area contributed by atoms with Crippen LogP contribution in [0.15, 0.2) is 12.2 Å². The first kappa shape index (κ1) is 23.3. The van der Waals surface area contributed by atoms with Gasteiger partial charge in [0.15, 0.2) is 0 Å². The number of carbonyl (C=O) groups is 1. The average molecular weight is 433 g/mol. The summed E-state index contributed by atoms with van der Waals surface area (Å²) in [6.07, 6.45) is 16.9. The summed E-state index contributed by atoms with van der Waals surface area (Å²) >= 11 is 0. The van der Waals surface area contributed by atoms with Gasteiger partial charge in [-0.1, -0.05) is 45.6 Å². The van der Waals surface area contributed by atoms with Gasteiger partial charge >= 0.3 is 5.97 Å². The summed E-state index contributed by atoms with van der Waals surface area (Å²) in [7, 11) is 0. The van der Waals surface area contributed by atoms with Gasteiger partial charge in [0, 0.05) is 24.0 Å². The van der Waals surface area contributed by atoms with Crippen LogP contribution in [0.2, 0.25) is 0 Å². The van der Waals surface area contributed by atoms with E-state index in [9.17, 15) is 4.79 Å². The molecule has 31 heavy (non-hydrogen) atoms. The maximum absolute atomic E-state index is 12.3. The predicted octanol–water partition coefficient (Wildman–Crippen LogP) is 6.37. The van der Waals surface area contributed by atoms with Crippen LogP contribution in [-0.2, 0) is 19.0 Å². The molecule has 1 heterocycles. The molecule has 4 aliphatic carbocycles. The SMILES string of the molecule is C=C(C)C(=O)OC12CC3CC(CC(OCCCCCCC4(CCCC)COC4)(C3)C1)C2. The van der Waals surface area contributed by atoms with Gasteiger partial charge in [-0.25, -0.2) is 4.79 Å². The van der Waals surface area contributed by atoms with E-state index >= 15 is 0 Å². The van der Waals surface area contributed by atoms with Crippen LogP contribution >= 0.6 is 0 Å². The van der Waals surface area contributed by atoms with E-state index < -0.39 is 0 Å². The number of rotatable bonds is 13. The monoisotopic (exact) mass is 432 g/mol. The van der Waals surface area contributed by atoms with E-state index in [0.29, 0.717) is 22.8 Å². The van der Waals surface area contributed by atoms with Crippen LogP contribution in [0, 0.1) is 17.3 Å². The van der Waals surface area contributed by atoms with Crippen LogP contribution in [0.5, 0.6) is 0 Å². The first-order chi connectivity index (χ1) is 14.9. The lowest BCUT2D eigenvalue weighted by molar-refractivity contribution is -0.232. The second kappa shape index (κ2) is 9.55. The molecule has 5 rings (SSSR count). The third kappa shape index (κ3) is 5.38. The molecule has 0 spiro atoms.